The van der Waals surface area contributed by atoms with Crippen LogP contribution < -0.4 is 0 Å². The predicted octanol–water partition coefficient (Wildman–Crippen LogP) is 7.05. The monoisotopic (exact) mass is 374 g/mol. The molecule has 2 heteroatoms. The largest absolute Gasteiger partial charge is 0.343 e. The van der Waals surface area contributed by atoms with Gasteiger partial charge in [0.1, 0.15) is 0 Å². The van der Waals surface area contributed by atoms with Gasteiger partial charge in [0.05, 0.1) is 22.1 Å². The van der Waals surface area contributed by atoms with E-state index in [0.29, 0.717) is 0 Å². The molecule has 0 unspecified atom stereocenters. The molecular formula is C27H22N2. The normalized spacial score (nSPS) is 12.0. The molecule has 6 aromatic rings. The van der Waals surface area contributed by atoms with E-state index in [9.17, 15) is 0 Å². The summed E-state index contributed by atoms with van der Waals surface area (Å²) in [4.78, 5) is 0. The van der Waals surface area contributed by atoms with Gasteiger partial charge in [-0.15, -0.1) is 0 Å². The molecular weight excluding hydrogens is 352 g/mol. The molecule has 4 aromatic carbocycles. The minimum atomic E-state index is 1.20. The molecule has 2 heterocycles. The molecule has 2 nitrogen and oxygen atoms in total. The third-order valence-electron chi connectivity index (χ3n) is 6.39. The first kappa shape index (κ1) is 16.4. The molecule has 0 atom stereocenters. The Kier molecular flexibility index (Phi) is 3.25. The van der Waals surface area contributed by atoms with Gasteiger partial charge in [-0.05, 0) is 49.2 Å². The van der Waals surface area contributed by atoms with Gasteiger partial charge in [-0.2, -0.15) is 0 Å². The second kappa shape index (κ2) is 5.74. The lowest BCUT2D eigenvalue weighted by Crippen LogP contribution is -1.94. The standard InChI is InChI=1S/C27H22N2/c1-17-10-9-14-20-22-16-24-25(18(2)27(22)28(3)26(17)20)21-13-7-8-15-23(21)29(24)19-11-5-4-6-12-19/h4-16H,1-3H3. The summed E-state index contributed by atoms with van der Waals surface area (Å²) in [7, 11) is 2.20. The van der Waals surface area contributed by atoms with Gasteiger partial charge in [0.2, 0.25) is 0 Å². The maximum atomic E-state index is 2.41. The van der Waals surface area contributed by atoms with Crippen molar-refractivity contribution in [2.45, 2.75) is 13.8 Å². The fraction of sp³-hybridized carbons (Fsp3) is 0.111. The van der Waals surface area contributed by atoms with E-state index in [1.165, 1.54) is 60.4 Å². The molecule has 0 bridgehead atoms. The van der Waals surface area contributed by atoms with Gasteiger partial charge in [0, 0.05) is 34.3 Å². The smallest absolute Gasteiger partial charge is 0.0551 e. The van der Waals surface area contributed by atoms with Gasteiger partial charge >= 0.3 is 0 Å². The van der Waals surface area contributed by atoms with Gasteiger partial charge in [-0.25, -0.2) is 0 Å². The Labute approximate surface area is 169 Å². The summed E-state index contributed by atoms with van der Waals surface area (Å²) in [6.07, 6.45) is 0. The van der Waals surface area contributed by atoms with Crippen LogP contribution in [-0.4, -0.2) is 9.13 Å². The molecule has 140 valence electrons. The van der Waals surface area contributed by atoms with E-state index in [-0.39, 0.29) is 0 Å². The fourth-order valence-corrected chi connectivity index (χ4v) is 5.24. The molecule has 29 heavy (non-hydrogen) atoms. The third kappa shape index (κ3) is 2.06. The van der Waals surface area contributed by atoms with Gasteiger partial charge in [0.15, 0.2) is 0 Å². The van der Waals surface area contributed by atoms with Crippen LogP contribution in [0.5, 0.6) is 0 Å². The van der Waals surface area contributed by atoms with E-state index >= 15 is 0 Å². The Morgan fingerprint density at radius 3 is 2.17 bits per heavy atom. The highest BCUT2D eigenvalue weighted by molar-refractivity contribution is 6.20. The zero-order valence-electron chi connectivity index (χ0n) is 16.9. The van der Waals surface area contributed by atoms with Gasteiger partial charge in [0.25, 0.3) is 0 Å². The van der Waals surface area contributed by atoms with Crippen molar-refractivity contribution < 1.29 is 0 Å². The van der Waals surface area contributed by atoms with Crippen LogP contribution in [0.3, 0.4) is 0 Å². The molecule has 0 fully saturated rings. The minimum Gasteiger partial charge on any atom is -0.343 e. The Balaban J connectivity index is 1.92. The number of benzene rings is 4. The molecule has 0 aliphatic rings. The van der Waals surface area contributed by atoms with E-state index in [4.69, 9.17) is 0 Å². The average molecular weight is 374 g/mol. The third-order valence-corrected chi connectivity index (χ3v) is 6.39. The quantitative estimate of drug-likeness (QED) is 0.292. The number of fused-ring (bicyclic) bond motifs is 6. The van der Waals surface area contributed by atoms with Crippen LogP contribution in [0.25, 0.3) is 49.3 Å². The van der Waals surface area contributed by atoms with Crippen LogP contribution in [0.15, 0.2) is 78.9 Å². The lowest BCUT2D eigenvalue weighted by Gasteiger charge is -2.09. The maximum absolute atomic E-state index is 2.41. The van der Waals surface area contributed by atoms with Crippen LogP contribution in [0.1, 0.15) is 11.1 Å². The first-order valence-corrected chi connectivity index (χ1v) is 10.1. The molecule has 0 aliphatic heterocycles. The topological polar surface area (TPSA) is 9.86 Å². The zero-order chi connectivity index (χ0) is 19.7. The van der Waals surface area contributed by atoms with Crippen molar-refractivity contribution in [2.75, 3.05) is 0 Å². The average Bonchev–Trinajstić information content (AvgIpc) is 3.23. The lowest BCUT2D eigenvalue weighted by atomic mass is 10.0. The fourth-order valence-electron chi connectivity index (χ4n) is 5.24. The van der Waals surface area contributed by atoms with E-state index in [1.54, 1.807) is 0 Å². The van der Waals surface area contributed by atoms with E-state index in [2.05, 4.69) is 109 Å². The van der Waals surface area contributed by atoms with Crippen molar-refractivity contribution in [3.8, 4) is 5.69 Å². The molecule has 6 rings (SSSR count). The maximum Gasteiger partial charge on any atom is 0.0551 e. The number of rotatable bonds is 1. The predicted molar refractivity (Wildman–Crippen MR) is 124 cm³/mol. The molecule has 0 amide bonds. The second-order valence-corrected chi connectivity index (χ2v) is 8.01. The number of hydrogen-bond acceptors (Lipinski definition) is 0. The lowest BCUT2D eigenvalue weighted by molar-refractivity contribution is 1.00. The summed E-state index contributed by atoms with van der Waals surface area (Å²) in [6, 6.07) is 28.5. The van der Waals surface area contributed by atoms with Gasteiger partial charge < -0.3 is 9.13 Å². The highest BCUT2D eigenvalue weighted by Crippen LogP contribution is 2.41. The molecule has 0 N–H and O–H groups in total. The second-order valence-electron chi connectivity index (χ2n) is 8.01. The van der Waals surface area contributed by atoms with Crippen molar-refractivity contribution in [1.29, 1.82) is 0 Å². The highest BCUT2D eigenvalue weighted by atomic mass is 15.0. The molecule has 0 radical (unpaired) electrons. The van der Waals surface area contributed by atoms with Crippen molar-refractivity contribution in [2.24, 2.45) is 7.05 Å². The van der Waals surface area contributed by atoms with Crippen molar-refractivity contribution in [3.05, 3.63) is 90.0 Å². The number of aromatic nitrogens is 2. The van der Waals surface area contributed by atoms with Crippen molar-refractivity contribution >= 4 is 43.6 Å². The zero-order valence-corrected chi connectivity index (χ0v) is 16.9. The van der Waals surface area contributed by atoms with E-state index in [0.717, 1.165) is 0 Å². The molecule has 0 saturated heterocycles. The summed E-state index contributed by atoms with van der Waals surface area (Å²) < 4.78 is 4.79. The highest BCUT2D eigenvalue weighted by Gasteiger charge is 2.19. The molecule has 0 aliphatic carbocycles. The van der Waals surface area contributed by atoms with Crippen LogP contribution in [-0.2, 0) is 7.05 Å². The summed E-state index contributed by atoms with van der Waals surface area (Å²) >= 11 is 0. The summed E-state index contributed by atoms with van der Waals surface area (Å²) in [5.41, 5.74) is 9.06. The van der Waals surface area contributed by atoms with Gasteiger partial charge in [-0.3, -0.25) is 0 Å². The number of para-hydroxylation sites is 3. The van der Waals surface area contributed by atoms with E-state index in [1.807, 2.05) is 0 Å². The summed E-state index contributed by atoms with van der Waals surface area (Å²) in [5.74, 6) is 0. The number of nitrogens with zero attached hydrogens (tertiary/aromatic N) is 2. The minimum absolute atomic E-state index is 1.20. The van der Waals surface area contributed by atoms with Gasteiger partial charge in [-0.1, -0.05) is 54.6 Å². The number of hydrogen-bond donors (Lipinski definition) is 0. The first-order valence-electron chi connectivity index (χ1n) is 10.1. The molecule has 0 saturated carbocycles. The van der Waals surface area contributed by atoms with Crippen LogP contribution >= 0.6 is 0 Å². The van der Waals surface area contributed by atoms with Crippen molar-refractivity contribution in [3.63, 3.8) is 0 Å². The molecule has 0 spiro atoms. The summed E-state index contributed by atoms with van der Waals surface area (Å²) in [5, 5.41) is 5.32. The Bertz CT molecular complexity index is 1560. The SMILES string of the molecule is Cc1cccc2c3cc4c(c(C)c3n(C)c12)c1ccccc1n4-c1ccccc1. The first-order chi connectivity index (χ1) is 14.2. The van der Waals surface area contributed by atoms with Crippen molar-refractivity contribution in [1.82, 2.24) is 9.13 Å². The number of aryl methyl sites for hydroxylation is 3. The Hall–Kier alpha value is -3.52. The van der Waals surface area contributed by atoms with E-state index < -0.39 is 0 Å². The summed E-state index contributed by atoms with van der Waals surface area (Å²) in [6.45, 7) is 4.48. The van der Waals surface area contributed by atoms with Crippen LogP contribution in [0, 0.1) is 13.8 Å². The Morgan fingerprint density at radius 1 is 0.621 bits per heavy atom. The Morgan fingerprint density at radius 2 is 1.34 bits per heavy atom. The van der Waals surface area contributed by atoms with Crippen LogP contribution in [0.2, 0.25) is 0 Å². The molecule has 2 aromatic heterocycles. The van der Waals surface area contributed by atoms with Crippen LogP contribution in [0.4, 0.5) is 0 Å².